The molecule has 11 heteroatoms. The monoisotopic (exact) mass is 571 g/mol. The molecule has 0 aliphatic carbocycles. The van der Waals surface area contributed by atoms with E-state index < -0.39 is 23.2 Å². The van der Waals surface area contributed by atoms with Gasteiger partial charge in [0, 0.05) is 51.7 Å². The molecule has 0 spiro atoms. The van der Waals surface area contributed by atoms with Crippen molar-refractivity contribution in [3.8, 4) is 0 Å². The minimum atomic E-state index is -3.47. The zero-order valence-corrected chi connectivity index (χ0v) is 24.9. The first-order valence-corrected chi connectivity index (χ1v) is 13.7. The van der Waals surface area contributed by atoms with E-state index in [1.165, 1.54) is 18.2 Å². The number of benzene rings is 1. The van der Waals surface area contributed by atoms with Gasteiger partial charge < -0.3 is 24.6 Å². The van der Waals surface area contributed by atoms with Gasteiger partial charge in [-0.25, -0.2) is 9.97 Å². The van der Waals surface area contributed by atoms with Gasteiger partial charge >= 0.3 is 5.92 Å². The number of ether oxygens (including phenoxy) is 1. The van der Waals surface area contributed by atoms with Crippen LogP contribution in [0.3, 0.4) is 0 Å². The number of pyridine rings is 1. The molecule has 41 heavy (non-hydrogen) atoms. The number of methoxy groups -OCH3 is 1. The Hall–Kier alpha value is -3.44. The Balaban J connectivity index is 1.79. The fraction of sp³-hybridized carbons (Fsp3) is 0.533. The van der Waals surface area contributed by atoms with Crippen LogP contribution in [0.25, 0.3) is 10.9 Å². The van der Waals surface area contributed by atoms with Crippen LogP contribution in [0.15, 0.2) is 35.1 Å². The van der Waals surface area contributed by atoms with Crippen molar-refractivity contribution in [2.45, 2.75) is 83.6 Å². The first kappa shape index (κ1) is 30.5. The highest BCUT2D eigenvalue weighted by atomic mass is 19.3. The first-order chi connectivity index (χ1) is 19.0. The maximum Gasteiger partial charge on any atom is 0.300 e. The van der Waals surface area contributed by atoms with Crippen LogP contribution < -0.4 is 10.9 Å². The van der Waals surface area contributed by atoms with E-state index in [1.807, 2.05) is 19.9 Å². The van der Waals surface area contributed by atoms with Gasteiger partial charge in [-0.15, -0.1) is 0 Å². The molecule has 2 aromatic heterocycles. The Bertz CT molecular complexity index is 1530. The number of aromatic nitrogens is 3. The second-order valence-corrected chi connectivity index (χ2v) is 11.6. The van der Waals surface area contributed by atoms with E-state index in [0.717, 1.165) is 13.8 Å². The Labute approximate surface area is 238 Å². The average molecular weight is 572 g/mol. The number of piperidine rings is 1. The minimum absolute atomic E-state index is 0.0108. The number of nitrogens with zero attached hydrogens (tertiary/aromatic N) is 4. The van der Waals surface area contributed by atoms with Gasteiger partial charge in [-0.05, 0) is 58.7 Å². The number of nitrogens with one attached hydrogen (secondary N) is 1. The van der Waals surface area contributed by atoms with Gasteiger partial charge in [-0.2, -0.15) is 8.78 Å². The maximum atomic E-state index is 14.9. The van der Waals surface area contributed by atoms with Crippen molar-refractivity contribution in [2.24, 2.45) is 7.05 Å². The highest BCUT2D eigenvalue weighted by Crippen LogP contribution is 2.41. The highest BCUT2D eigenvalue weighted by molar-refractivity contribution is 5.89. The van der Waals surface area contributed by atoms with E-state index >= 15 is 0 Å². The number of alkyl halides is 2. The Morgan fingerprint density at radius 3 is 2.54 bits per heavy atom. The van der Waals surface area contributed by atoms with Gasteiger partial charge in [-0.1, -0.05) is 18.2 Å². The number of aryl methyl sites for hydroxylation is 1. The summed E-state index contributed by atoms with van der Waals surface area (Å²) >= 11 is 0. The van der Waals surface area contributed by atoms with Crippen LogP contribution in [0.4, 0.5) is 14.6 Å². The summed E-state index contributed by atoms with van der Waals surface area (Å²) in [6.07, 6.45) is 0.996. The number of fused-ring (bicyclic) bond motifs is 1. The Kier molecular flexibility index (Phi) is 8.01. The molecule has 2 N–H and O–H groups in total. The summed E-state index contributed by atoms with van der Waals surface area (Å²) in [6.45, 7) is 9.63. The molecule has 0 bridgehead atoms. The van der Waals surface area contributed by atoms with Crippen molar-refractivity contribution in [1.29, 1.82) is 0 Å². The topological polar surface area (TPSA) is 110 Å². The van der Waals surface area contributed by atoms with Crippen LogP contribution in [0.2, 0.25) is 0 Å². The largest absolute Gasteiger partial charge is 0.384 e. The summed E-state index contributed by atoms with van der Waals surface area (Å²) in [5, 5.41) is 13.8. The molecule has 3 aromatic rings. The number of carbonyl (C=O) groups is 1. The molecule has 1 amide bonds. The first-order valence-electron chi connectivity index (χ1n) is 13.7. The summed E-state index contributed by atoms with van der Waals surface area (Å²) in [6, 6.07) is 7.16. The number of rotatable bonds is 7. The fourth-order valence-electron chi connectivity index (χ4n) is 5.78. The van der Waals surface area contributed by atoms with E-state index in [1.54, 1.807) is 43.5 Å². The molecule has 1 aromatic carbocycles. The van der Waals surface area contributed by atoms with E-state index in [0.29, 0.717) is 47.7 Å². The van der Waals surface area contributed by atoms with Crippen LogP contribution in [-0.4, -0.2) is 55.7 Å². The van der Waals surface area contributed by atoms with Crippen molar-refractivity contribution >= 4 is 22.6 Å². The number of halogens is 2. The summed E-state index contributed by atoms with van der Waals surface area (Å²) in [5.41, 5.74) is -2.26. The summed E-state index contributed by atoms with van der Waals surface area (Å²) in [7, 11) is 3.29. The average Bonchev–Trinajstić information content (AvgIpc) is 2.90. The standard InChI is InChI=1S/C30H39F2N5O4/c1-17-16-29(41-8,12-13-37(17)20(4)38)24-15-23-25(27(39)36(24)7)34-19(3)35-26(23)33-18(2)21-10-9-11-22(14-21)30(31,32)28(5,6)40/h9-11,14-15,17-18,40H,12-13,16H2,1-8H3,(H,33,34,35)/t17-,18-,29-/m1/s1. The van der Waals surface area contributed by atoms with Gasteiger partial charge in [0.25, 0.3) is 5.56 Å². The number of amides is 1. The smallest absolute Gasteiger partial charge is 0.300 e. The molecule has 0 saturated carbocycles. The molecule has 4 rings (SSSR count). The van der Waals surface area contributed by atoms with Crippen LogP contribution in [-0.2, 0) is 28.1 Å². The summed E-state index contributed by atoms with van der Waals surface area (Å²) in [5.74, 6) is -2.71. The molecular weight excluding hydrogens is 532 g/mol. The normalized spacial score (nSPS) is 20.8. The molecule has 9 nitrogen and oxygen atoms in total. The van der Waals surface area contributed by atoms with Crippen LogP contribution in [0, 0.1) is 6.92 Å². The predicted molar refractivity (Wildman–Crippen MR) is 153 cm³/mol. The van der Waals surface area contributed by atoms with E-state index in [4.69, 9.17) is 4.74 Å². The van der Waals surface area contributed by atoms with Gasteiger partial charge in [0.15, 0.2) is 0 Å². The minimum Gasteiger partial charge on any atom is -0.384 e. The molecule has 0 unspecified atom stereocenters. The van der Waals surface area contributed by atoms with Gasteiger partial charge in [-0.3, -0.25) is 9.59 Å². The van der Waals surface area contributed by atoms with Crippen molar-refractivity contribution in [1.82, 2.24) is 19.4 Å². The number of anilines is 1. The van der Waals surface area contributed by atoms with Gasteiger partial charge in [0.1, 0.15) is 28.4 Å². The molecule has 0 radical (unpaired) electrons. The third-order valence-electron chi connectivity index (χ3n) is 8.25. The molecule has 1 aliphatic rings. The van der Waals surface area contributed by atoms with Crippen molar-refractivity contribution in [3.63, 3.8) is 0 Å². The van der Waals surface area contributed by atoms with Gasteiger partial charge in [0.05, 0.1) is 11.1 Å². The number of hydrogen-bond donors (Lipinski definition) is 2. The molecule has 1 aliphatic heterocycles. The quantitative estimate of drug-likeness (QED) is 0.428. The molecule has 1 fully saturated rings. The van der Waals surface area contributed by atoms with Crippen LogP contribution in [0.5, 0.6) is 0 Å². The fourth-order valence-corrected chi connectivity index (χ4v) is 5.78. The SMILES string of the molecule is CO[C@]1(c2cc3c(N[C@H](C)c4cccc(C(F)(F)C(C)(C)O)c4)nc(C)nc3c(=O)n2C)CCN(C(C)=O)[C@H](C)C1. The molecular formula is C30H39F2N5O4. The second kappa shape index (κ2) is 10.8. The number of likely N-dealkylation sites (tertiary alicyclic amines) is 1. The lowest BCUT2D eigenvalue weighted by Crippen LogP contribution is -2.51. The van der Waals surface area contributed by atoms with Crippen molar-refractivity contribution < 1.29 is 23.4 Å². The maximum absolute atomic E-state index is 14.9. The predicted octanol–water partition coefficient (Wildman–Crippen LogP) is 4.55. The van der Waals surface area contributed by atoms with Crippen LogP contribution in [0.1, 0.15) is 76.1 Å². The highest BCUT2D eigenvalue weighted by Gasteiger charge is 2.47. The molecule has 222 valence electrons. The number of hydrogen-bond acceptors (Lipinski definition) is 7. The van der Waals surface area contributed by atoms with Crippen molar-refractivity contribution in [3.05, 3.63) is 63.3 Å². The number of aliphatic hydroxyl groups is 1. The van der Waals surface area contributed by atoms with E-state index in [9.17, 15) is 23.5 Å². The van der Waals surface area contributed by atoms with Crippen LogP contribution >= 0.6 is 0 Å². The summed E-state index contributed by atoms with van der Waals surface area (Å²) < 4.78 is 37.4. The van der Waals surface area contributed by atoms with Crippen molar-refractivity contribution in [2.75, 3.05) is 19.0 Å². The zero-order valence-electron chi connectivity index (χ0n) is 24.9. The second-order valence-electron chi connectivity index (χ2n) is 11.6. The lowest BCUT2D eigenvalue weighted by molar-refractivity contribution is -0.168. The lowest BCUT2D eigenvalue weighted by atomic mass is 9.83. The van der Waals surface area contributed by atoms with E-state index in [-0.39, 0.29) is 28.6 Å². The third-order valence-corrected chi connectivity index (χ3v) is 8.25. The molecule has 1 saturated heterocycles. The zero-order chi connectivity index (χ0) is 30.5. The molecule has 3 atom stereocenters. The lowest BCUT2D eigenvalue weighted by Gasteiger charge is -2.45. The Morgan fingerprint density at radius 1 is 1.27 bits per heavy atom. The van der Waals surface area contributed by atoms with Gasteiger partial charge in [0.2, 0.25) is 5.91 Å². The third kappa shape index (κ3) is 5.44. The number of carbonyl (C=O) groups excluding carboxylic acids is 1. The van der Waals surface area contributed by atoms with E-state index in [2.05, 4.69) is 15.3 Å². The molecule has 3 heterocycles. The Morgan fingerprint density at radius 2 is 1.95 bits per heavy atom. The summed E-state index contributed by atoms with van der Waals surface area (Å²) in [4.78, 5) is 36.6.